The molecule has 0 aliphatic rings. The molecule has 0 amide bonds. The van der Waals surface area contributed by atoms with Crippen LogP contribution in [0.1, 0.15) is 232 Å². The second-order valence-electron chi connectivity index (χ2n) is 22.3. The van der Waals surface area contributed by atoms with E-state index in [0.717, 1.165) is 154 Å². The van der Waals surface area contributed by atoms with Gasteiger partial charge in [-0.2, -0.15) is 0 Å². The summed E-state index contributed by atoms with van der Waals surface area (Å²) < 4.78 is 22.7. The van der Waals surface area contributed by atoms with Crippen molar-refractivity contribution in [2.45, 2.75) is 245 Å². The summed E-state index contributed by atoms with van der Waals surface area (Å²) >= 11 is 0. The molecule has 0 radical (unpaired) electrons. The van der Waals surface area contributed by atoms with Gasteiger partial charge in [-0.05, 0) is 128 Å². The molecule has 0 aliphatic heterocycles. The molecule has 0 heterocycles. The van der Waals surface area contributed by atoms with Crippen molar-refractivity contribution < 1.29 is 42.9 Å². The lowest BCUT2D eigenvalue weighted by Gasteiger charge is -2.26. The van der Waals surface area contributed by atoms with Crippen molar-refractivity contribution in [2.75, 3.05) is 47.5 Å². The molecule has 2 unspecified atom stereocenters. The number of allylic oxidation sites excluding steroid dienone is 26. The molecular weight excluding hydrogens is 1030 g/mol. The molecule has 9 nitrogen and oxygen atoms in total. The molecule has 0 saturated heterocycles. The van der Waals surface area contributed by atoms with E-state index < -0.39 is 24.3 Å². The van der Waals surface area contributed by atoms with Crippen LogP contribution in [-0.2, 0) is 33.3 Å². The van der Waals surface area contributed by atoms with Crippen LogP contribution in [0.5, 0.6) is 0 Å². The summed E-state index contributed by atoms with van der Waals surface area (Å²) in [5, 5.41) is 11.8. The molecule has 2 atom stereocenters. The number of likely N-dealkylation sites (N-methyl/N-ethyl adjacent to an activating group) is 1. The highest BCUT2D eigenvalue weighted by molar-refractivity contribution is 5.70. The van der Waals surface area contributed by atoms with E-state index in [1.165, 1.54) is 38.5 Å². The highest BCUT2D eigenvalue weighted by Gasteiger charge is 2.22. The number of unbranched alkanes of at least 4 members (excludes halogenated alkanes) is 17. The molecule has 468 valence electrons. The fraction of sp³-hybridized carbons (Fsp3) is 0.608. The third kappa shape index (κ3) is 64.3. The van der Waals surface area contributed by atoms with E-state index in [1.54, 1.807) is 0 Å². The summed E-state index contributed by atoms with van der Waals surface area (Å²) in [7, 11) is 5.90. The van der Waals surface area contributed by atoms with Gasteiger partial charge in [0.25, 0.3) is 0 Å². The van der Waals surface area contributed by atoms with Gasteiger partial charge in [-0.25, -0.2) is 0 Å². The first-order valence-corrected chi connectivity index (χ1v) is 32.6. The van der Waals surface area contributed by atoms with E-state index in [2.05, 4.69) is 172 Å². The molecule has 0 N–H and O–H groups in total. The lowest BCUT2D eigenvalue weighted by atomic mass is 10.1. The highest BCUT2D eigenvalue weighted by atomic mass is 16.7. The summed E-state index contributed by atoms with van der Waals surface area (Å²) in [5.41, 5.74) is 0. The van der Waals surface area contributed by atoms with Crippen LogP contribution in [0.4, 0.5) is 0 Å². The van der Waals surface area contributed by atoms with E-state index in [4.69, 9.17) is 18.9 Å². The Kier molecular flexibility index (Phi) is 59.1. The zero-order valence-corrected chi connectivity index (χ0v) is 53.2. The standard InChI is InChI=1S/C74H119NO8/c1-6-8-10-12-14-16-18-20-22-24-26-28-29-30-31-32-33-34-35-36-37-38-39-40-41-42-43-45-47-49-51-53-55-57-59-61-63-65-72(77)83-70(69-82-74(73(78)79)80-67-66-75(3,4)5)68-81-71(76)64-62-60-58-56-54-52-50-48-46-44-27-25-23-21-19-17-15-13-11-9-7-2/h8,10,14,16,19-22,25-28,30-31,33-34,36-37,39-40,42-43,46-49,70,74H,6-7,9,11-13,15,17-18,23-24,29,32,35,38,41,44-45,50-69H2,1-5H3/b10-8-,16-14-,21-19-,22-20-,27-25-,28-26-,31-30-,34-33-,37-36-,40-39-,43-42-,48-46-,49-47-. The number of carboxylic acid groups (broad SMARTS) is 1. The number of nitrogens with zero attached hydrogens (tertiary/aromatic N) is 1. The van der Waals surface area contributed by atoms with Gasteiger partial charge in [0.05, 0.1) is 40.3 Å². The Balaban J connectivity index is 4.28. The molecule has 0 spiro atoms. The van der Waals surface area contributed by atoms with Gasteiger partial charge in [0.15, 0.2) is 12.4 Å². The topological polar surface area (TPSA) is 111 Å². The largest absolute Gasteiger partial charge is 0.545 e. The third-order valence-electron chi connectivity index (χ3n) is 13.3. The predicted molar refractivity (Wildman–Crippen MR) is 352 cm³/mol. The molecule has 0 aliphatic carbocycles. The van der Waals surface area contributed by atoms with Crippen LogP contribution in [0.2, 0.25) is 0 Å². The van der Waals surface area contributed by atoms with Crippen molar-refractivity contribution in [1.29, 1.82) is 0 Å². The predicted octanol–water partition coefficient (Wildman–Crippen LogP) is 18.8. The van der Waals surface area contributed by atoms with Gasteiger partial charge in [-0.15, -0.1) is 0 Å². The van der Waals surface area contributed by atoms with Crippen molar-refractivity contribution in [1.82, 2.24) is 0 Å². The first kappa shape index (κ1) is 77.9. The Bertz CT molecular complexity index is 1920. The van der Waals surface area contributed by atoms with Gasteiger partial charge in [0, 0.05) is 12.8 Å². The van der Waals surface area contributed by atoms with Crippen molar-refractivity contribution >= 4 is 17.9 Å². The van der Waals surface area contributed by atoms with E-state index in [-0.39, 0.29) is 38.6 Å². The molecule has 0 aromatic heterocycles. The number of carboxylic acids is 1. The Morgan fingerprint density at radius 3 is 1.02 bits per heavy atom. The van der Waals surface area contributed by atoms with Gasteiger partial charge >= 0.3 is 11.9 Å². The number of aliphatic carboxylic acids is 1. The molecule has 0 aromatic rings. The van der Waals surface area contributed by atoms with E-state index in [1.807, 2.05) is 21.1 Å². The van der Waals surface area contributed by atoms with Gasteiger partial charge < -0.3 is 33.3 Å². The Hall–Kier alpha value is -5.09. The van der Waals surface area contributed by atoms with Crippen LogP contribution in [0.25, 0.3) is 0 Å². The SMILES string of the molecule is CC/C=C\C/C=C\C/C=C\C/C=C\C/C=C\C/C=C\C/C=C\C/C=C\C/C=C\C/C=C\CCCCCCCCC(=O)OC(COC(=O)CCCCCCCC/C=C\C/C=C\C/C=C\CCCCCCC)COC(OCC[N+](C)(C)C)C(=O)[O-]. The fourth-order valence-corrected chi connectivity index (χ4v) is 8.28. The lowest BCUT2D eigenvalue weighted by molar-refractivity contribution is -0.870. The first-order valence-electron chi connectivity index (χ1n) is 32.6. The van der Waals surface area contributed by atoms with Gasteiger partial charge in [-0.1, -0.05) is 249 Å². The summed E-state index contributed by atoms with van der Waals surface area (Å²) in [6.07, 6.45) is 90.1. The molecule has 0 fully saturated rings. The zero-order chi connectivity index (χ0) is 60.5. The average Bonchev–Trinajstić information content (AvgIpc) is 3.46. The number of carbonyl (C=O) groups excluding carboxylic acids is 3. The number of carbonyl (C=O) groups is 3. The Morgan fingerprint density at radius 2 is 0.687 bits per heavy atom. The second-order valence-corrected chi connectivity index (χ2v) is 22.3. The maximum Gasteiger partial charge on any atom is 0.306 e. The monoisotopic (exact) mass is 1150 g/mol. The minimum atomic E-state index is -1.64. The van der Waals surface area contributed by atoms with E-state index >= 15 is 0 Å². The van der Waals surface area contributed by atoms with Crippen LogP contribution in [0.3, 0.4) is 0 Å². The maximum absolute atomic E-state index is 12.9. The first-order chi connectivity index (χ1) is 40.6. The number of quaternary nitrogens is 1. The minimum absolute atomic E-state index is 0.133. The average molecular weight is 1150 g/mol. The Morgan fingerprint density at radius 1 is 0.373 bits per heavy atom. The van der Waals surface area contributed by atoms with E-state index in [9.17, 15) is 19.5 Å². The molecule has 0 aromatic carbocycles. The van der Waals surface area contributed by atoms with Crippen molar-refractivity contribution in [3.8, 4) is 0 Å². The van der Waals surface area contributed by atoms with Crippen LogP contribution < -0.4 is 5.11 Å². The van der Waals surface area contributed by atoms with Crippen LogP contribution in [0.15, 0.2) is 158 Å². The normalized spacial score (nSPS) is 13.8. The summed E-state index contributed by atoms with van der Waals surface area (Å²) in [4.78, 5) is 37.4. The molecule has 0 saturated carbocycles. The van der Waals surface area contributed by atoms with Crippen molar-refractivity contribution in [2.24, 2.45) is 0 Å². The van der Waals surface area contributed by atoms with Crippen molar-refractivity contribution in [3.05, 3.63) is 158 Å². The molecular formula is C74H119NO8. The van der Waals surface area contributed by atoms with Gasteiger partial charge in [0.1, 0.15) is 13.2 Å². The minimum Gasteiger partial charge on any atom is -0.545 e. The van der Waals surface area contributed by atoms with Gasteiger partial charge in [-0.3, -0.25) is 9.59 Å². The summed E-state index contributed by atoms with van der Waals surface area (Å²) in [6, 6.07) is 0. The van der Waals surface area contributed by atoms with Gasteiger partial charge in [0.2, 0.25) is 0 Å². The molecule has 9 heteroatoms. The maximum atomic E-state index is 12.9. The summed E-state index contributed by atoms with van der Waals surface area (Å²) in [6.45, 7) is 4.57. The third-order valence-corrected chi connectivity index (χ3v) is 13.3. The van der Waals surface area contributed by atoms with Crippen LogP contribution >= 0.6 is 0 Å². The fourth-order valence-electron chi connectivity index (χ4n) is 8.28. The number of ether oxygens (including phenoxy) is 4. The Labute approximate surface area is 508 Å². The summed E-state index contributed by atoms with van der Waals surface area (Å²) in [5.74, 6) is -2.34. The molecule has 0 rings (SSSR count). The van der Waals surface area contributed by atoms with Crippen LogP contribution in [0, 0.1) is 0 Å². The number of rotatable bonds is 58. The molecule has 83 heavy (non-hydrogen) atoms. The quantitative estimate of drug-likeness (QED) is 0.0195. The van der Waals surface area contributed by atoms with E-state index in [0.29, 0.717) is 23.9 Å². The number of hydrogen-bond donors (Lipinski definition) is 0. The smallest absolute Gasteiger partial charge is 0.306 e. The second kappa shape index (κ2) is 62.9. The number of hydrogen-bond acceptors (Lipinski definition) is 8. The number of esters is 2. The molecule has 0 bridgehead atoms. The zero-order valence-electron chi connectivity index (χ0n) is 53.2. The highest BCUT2D eigenvalue weighted by Crippen LogP contribution is 2.14. The van der Waals surface area contributed by atoms with Crippen LogP contribution in [-0.4, -0.2) is 82.3 Å². The lowest BCUT2D eigenvalue weighted by Crippen LogP contribution is -2.44. The van der Waals surface area contributed by atoms with Crippen molar-refractivity contribution in [3.63, 3.8) is 0 Å².